The van der Waals surface area contributed by atoms with Crippen LogP contribution in [-0.4, -0.2) is 10.2 Å². The molecule has 4 heteroatoms. The van der Waals surface area contributed by atoms with Crippen LogP contribution in [0.4, 0.5) is 10.1 Å². The van der Waals surface area contributed by atoms with Crippen molar-refractivity contribution in [3.63, 3.8) is 0 Å². The van der Waals surface area contributed by atoms with Crippen LogP contribution in [0, 0.1) is 5.82 Å². The van der Waals surface area contributed by atoms with E-state index < -0.39 is 0 Å². The van der Waals surface area contributed by atoms with Gasteiger partial charge in [-0.3, -0.25) is 5.10 Å². The standard InChI is InChI=1S/C7H6FN3/c8-5-1-2-6(9)4-3-10-11-7(4)5/h1-3H,9H2,(H,10,11). The third-order valence-electron chi connectivity index (χ3n) is 1.60. The summed E-state index contributed by atoms with van der Waals surface area (Å²) in [5.41, 5.74) is 6.45. The second-order valence-electron chi connectivity index (χ2n) is 2.30. The number of nitrogen functional groups attached to an aromatic ring is 1. The molecule has 0 atom stereocenters. The van der Waals surface area contributed by atoms with Gasteiger partial charge in [-0.25, -0.2) is 4.39 Å². The molecular formula is C7H6FN3. The predicted octanol–water partition coefficient (Wildman–Crippen LogP) is 1.28. The van der Waals surface area contributed by atoms with Crippen LogP contribution in [0.15, 0.2) is 18.3 Å². The second kappa shape index (κ2) is 1.95. The topological polar surface area (TPSA) is 54.7 Å². The van der Waals surface area contributed by atoms with Gasteiger partial charge in [0.25, 0.3) is 0 Å². The molecule has 3 nitrogen and oxygen atoms in total. The Bertz CT molecular complexity index is 357. The number of rotatable bonds is 0. The molecule has 1 heterocycles. The number of aromatic nitrogens is 2. The highest BCUT2D eigenvalue weighted by Crippen LogP contribution is 2.20. The minimum atomic E-state index is -0.327. The number of nitrogens with zero attached hydrogens (tertiary/aromatic N) is 1. The Morgan fingerprint density at radius 2 is 2.27 bits per heavy atom. The molecule has 1 aromatic heterocycles. The van der Waals surface area contributed by atoms with Crippen molar-refractivity contribution < 1.29 is 4.39 Å². The molecule has 0 spiro atoms. The molecule has 0 saturated carbocycles. The highest BCUT2D eigenvalue weighted by Gasteiger charge is 2.03. The van der Waals surface area contributed by atoms with E-state index in [2.05, 4.69) is 10.2 Å². The van der Waals surface area contributed by atoms with E-state index in [1.54, 1.807) is 0 Å². The van der Waals surface area contributed by atoms with Crippen molar-refractivity contribution >= 4 is 16.6 Å². The summed E-state index contributed by atoms with van der Waals surface area (Å²) in [6.45, 7) is 0. The molecule has 0 amide bonds. The maximum Gasteiger partial charge on any atom is 0.148 e. The molecule has 0 saturated heterocycles. The molecule has 56 valence electrons. The van der Waals surface area contributed by atoms with Crippen LogP contribution in [0.25, 0.3) is 10.9 Å². The van der Waals surface area contributed by atoms with Crippen molar-refractivity contribution in [2.75, 3.05) is 5.73 Å². The summed E-state index contributed by atoms with van der Waals surface area (Å²) in [5.74, 6) is -0.327. The Morgan fingerprint density at radius 1 is 1.45 bits per heavy atom. The van der Waals surface area contributed by atoms with Gasteiger partial charge in [0.15, 0.2) is 0 Å². The van der Waals surface area contributed by atoms with Gasteiger partial charge >= 0.3 is 0 Å². The van der Waals surface area contributed by atoms with Gasteiger partial charge in [-0.1, -0.05) is 0 Å². The Labute approximate surface area is 62.0 Å². The molecule has 2 aromatic rings. The average Bonchev–Trinajstić information content (AvgIpc) is 2.45. The van der Waals surface area contributed by atoms with Gasteiger partial charge in [0.1, 0.15) is 11.3 Å². The summed E-state index contributed by atoms with van der Waals surface area (Å²) < 4.78 is 12.9. The second-order valence-corrected chi connectivity index (χ2v) is 2.30. The van der Waals surface area contributed by atoms with Gasteiger partial charge < -0.3 is 5.73 Å². The zero-order valence-corrected chi connectivity index (χ0v) is 5.63. The van der Waals surface area contributed by atoms with E-state index in [4.69, 9.17) is 5.73 Å². The van der Waals surface area contributed by atoms with Crippen LogP contribution in [0.2, 0.25) is 0 Å². The summed E-state index contributed by atoms with van der Waals surface area (Å²) in [6.07, 6.45) is 1.51. The number of fused-ring (bicyclic) bond motifs is 1. The van der Waals surface area contributed by atoms with Crippen molar-refractivity contribution in [3.8, 4) is 0 Å². The van der Waals surface area contributed by atoms with Gasteiger partial charge in [-0.2, -0.15) is 5.10 Å². The SMILES string of the molecule is Nc1ccc(F)c2[nH]ncc12. The Hall–Kier alpha value is -1.58. The zero-order chi connectivity index (χ0) is 7.84. The van der Waals surface area contributed by atoms with E-state index in [1.807, 2.05) is 0 Å². The number of benzene rings is 1. The zero-order valence-electron chi connectivity index (χ0n) is 5.63. The smallest absolute Gasteiger partial charge is 0.148 e. The van der Waals surface area contributed by atoms with E-state index in [1.165, 1.54) is 18.3 Å². The number of H-pyrrole nitrogens is 1. The molecule has 0 aliphatic carbocycles. The molecule has 11 heavy (non-hydrogen) atoms. The lowest BCUT2D eigenvalue weighted by molar-refractivity contribution is 0.636. The molecule has 2 rings (SSSR count). The van der Waals surface area contributed by atoms with E-state index in [0.717, 1.165) is 0 Å². The lowest BCUT2D eigenvalue weighted by atomic mass is 10.2. The monoisotopic (exact) mass is 151 g/mol. The van der Waals surface area contributed by atoms with Gasteiger partial charge in [0.05, 0.1) is 6.20 Å². The molecule has 0 bridgehead atoms. The summed E-state index contributed by atoms with van der Waals surface area (Å²) in [4.78, 5) is 0. The maximum absolute atomic E-state index is 12.9. The number of aromatic amines is 1. The number of hydrogen-bond donors (Lipinski definition) is 2. The average molecular weight is 151 g/mol. The summed E-state index contributed by atoms with van der Waals surface area (Å²) >= 11 is 0. The van der Waals surface area contributed by atoms with Gasteiger partial charge in [-0.15, -0.1) is 0 Å². The fraction of sp³-hybridized carbons (Fsp3) is 0. The Balaban J connectivity index is 2.96. The normalized spacial score (nSPS) is 10.6. The van der Waals surface area contributed by atoms with Crippen LogP contribution in [-0.2, 0) is 0 Å². The third kappa shape index (κ3) is 0.756. The lowest BCUT2D eigenvalue weighted by Gasteiger charge is -1.94. The van der Waals surface area contributed by atoms with Crippen LogP contribution in [0.1, 0.15) is 0 Å². The van der Waals surface area contributed by atoms with Crippen molar-refractivity contribution in [1.29, 1.82) is 0 Å². The summed E-state index contributed by atoms with van der Waals surface area (Å²) in [7, 11) is 0. The number of hydrogen-bond acceptors (Lipinski definition) is 2. The van der Waals surface area contributed by atoms with Crippen LogP contribution < -0.4 is 5.73 Å². The minimum absolute atomic E-state index is 0.327. The number of nitrogens with one attached hydrogen (secondary N) is 1. The van der Waals surface area contributed by atoms with E-state index in [9.17, 15) is 4.39 Å². The Morgan fingerprint density at radius 3 is 3.00 bits per heavy atom. The Kier molecular flexibility index (Phi) is 1.09. The highest BCUT2D eigenvalue weighted by atomic mass is 19.1. The molecular weight excluding hydrogens is 145 g/mol. The van der Waals surface area contributed by atoms with Crippen LogP contribution >= 0.6 is 0 Å². The van der Waals surface area contributed by atoms with Crippen LogP contribution in [0.3, 0.4) is 0 Å². The molecule has 3 N–H and O–H groups in total. The molecule has 0 unspecified atom stereocenters. The van der Waals surface area contributed by atoms with Gasteiger partial charge in [0, 0.05) is 11.1 Å². The first-order chi connectivity index (χ1) is 5.29. The molecule has 0 aliphatic heterocycles. The maximum atomic E-state index is 12.9. The molecule has 1 aromatic carbocycles. The van der Waals surface area contributed by atoms with Crippen LogP contribution in [0.5, 0.6) is 0 Å². The van der Waals surface area contributed by atoms with Crippen molar-refractivity contribution in [2.45, 2.75) is 0 Å². The van der Waals surface area contributed by atoms with Gasteiger partial charge in [0.2, 0.25) is 0 Å². The van der Waals surface area contributed by atoms with Crippen molar-refractivity contribution in [2.24, 2.45) is 0 Å². The summed E-state index contributed by atoms with van der Waals surface area (Å²) in [5, 5.41) is 6.83. The predicted molar refractivity (Wildman–Crippen MR) is 40.5 cm³/mol. The van der Waals surface area contributed by atoms with Crippen molar-refractivity contribution in [3.05, 3.63) is 24.1 Å². The molecule has 0 aliphatic rings. The molecule has 0 radical (unpaired) electrons. The summed E-state index contributed by atoms with van der Waals surface area (Å²) in [6, 6.07) is 2.84. The fourth-order valence-electron chi connectivity index (χ4n) is 1.02. The van der Waals surface area contributed by atoms with Gasteiger partial charge in [-0.05, 0) is 12.1 Å². The third-order valence-corrected chi connectivity index (χ3v) is 1.60. The number of halogens is 1. The number of anilines is 1. The first-order valence-electron chi connectivity index (χ1n) is 3.16. The lowest BCUT2D eigenvalue weighted by Crippen LogP contribution is -1.86. The quantitative estimate of drug-likeness (QED) is 0.557. The van der Waals surface area contributed by atoms with Crippen molar-refractivity contribution in [1.82, 2.24) is 10.2 Å². The first-order valence-corrected chi connectivity index (χ1v) is 3.16. The first kappa shape index (κ1) is 6.15. The largest absolute Gasteiger partial charge is 0.398 e. The highest BCUT2D eigenvalue weighted by molar-refractivity contribution is 5.89. The van der Waals surface area contributed by atoms with E-state index >= 15 is 0 Å². The van der Waals surface area contributed by atoms with E-state index in [0.29, 0.717) is 16.6 Å². The van der Waals surface area contributed by atoms with E-state index in [-0.39, 0.29) is 5.82 Å². The minimum Gasteiger partial charge on any atom is -0.398 e. The fourth-order valence-corrected chi connectivity index (χ4v) is 1.02. The molecule has 0 fully saturated rings. The number of nitrogens with two attached hydrogens (primary N) is 1.